The average molecular weight is 727 g/mol. The molecule has 3 heteroatoms. The summed E-state index contributed by atoms with van der Waals surface area (Å²) >= 11 is 0. The third kappa shape index (κ3) is 6.68. The van der Waals surface area contributed by atoms with E-state index in [9.17, 15) is 0 Å². The fraction of sp³-hybridized carbons (Fsp3) is 0.522. The van der Waals surface area contributed by atoms with Crippen LogP contribution in [-0.2, 0) is 29.4 Å². The second kappa shape index (κ2) is 14.2. The first kappa shape index (κ1) is 34.6. The molecule has 0 unspecified atom stereocenters. The van der Waals surface area contributed by atoms with Crippen molar-refractivity contribution >= 4 is 26.5 Å². The molecule has 8 aliphatic carbocycles. The average Bonchev–Trinajstić information content (AvgIpc) is 3.78. The zero-order chi connectivity index (χ0) is 32.3. The monoisotopic (exact) mass is 726 g/mol. The van der Waals surface area contributed by atoms with E-state index in [0.29, 0.717) is 10.3 Å². The van der Waals surface area contributed by atoms with Crippen molar-refractivity contribution in [3.63, 3.8) is 0 Å². The van der Waals surface area contributed by atoms with E-state index in [1.807, 2.05) is 30.3 Å². The van der Waals surface area contributed by atoms with E-state index in [1.165, 1.54) is 23.5 Å². The molecule has 0 saturated heterocycles. The molecule has 8 saturated carbocycles. The van der Waals surface area contributed by atoms with Gasteiger partial charge in [-0.15, -0.1) is 0 Å². The van der Waals surface area contributed by atoms with Crippen LogP contribution >= 0.6 is 15.8 Å². The van der Waals surface area contributed by atoms with Crippen molar-refractivity contribution in [2.45, 2.75) is 114 Å². The minimum atomic E-state index is -0.431. The van der Waals surface area contributed by atoms with Gasteiger partial charge in [-0.05, 0) is 165 Å². The quantitative estimate of drug-likeness (QED) is 0.0964. The van der Waals surface area contributed by atoms with Crippen molar-refractivity contribution in [1.29, 1.82) is 0 Å². The van der Waals surface area contributed by atoms with Gasteiger partial charge in [0.25, 0.3) is 0 Å². The minimum Gasteiger partial charge on any atom is -0.214 e. The molecule has 12 rings (SSSR count). The summed E-state index contributed by atoms with van der Waals surface area (Å²) in [6.07, 6.45) is 21.8. The van der Waals surface area contributed by atoms with Gasteiger partial charge in [0, 0.05) is 0 Å². The first-order valence-corrected chi connectivity index (χ1v) is 22.6. The molecule has 0 radical (unpaired) electrons. The third-order valence-corrected chi connectivity index (χ3v) is 21.1. The smallest absolute Gasteiger partial charge is 0.214 e. The van der Waals surface area contributed by atoms with Crippen molar-refractivity contribution < 1.29 is 17.1 Å². The summed E-state index contributed by atoms with van der Waals surface area (Å²) in [7, 11) is -0.446. The number of hydrogen-bond donors (Lipinski definition) is 0. The van der Waals surface area contributed by atoms with E-state index in [0.717, 1.165) is 35.5 Å². The predicted molar refractivity (Wildman–Crippen MR) is 209 cm³/mol. The number of hydrogen-bond acceptors (Lipinski definition) is 0. The van der Waals surface area contributed by atoms with E-state index >= 15 is 0 Å². The Morgan fingerprint density at radius 2 is 0.980 bits per heavy atom. The Labute approximate surface area is 310 Å². The molecule has 8 bridgehead atoms. The van der Waals surface area contributed by atoms with Crippen molar-refractivity contribution in [1.82, 2.24) is 0 Å². The molecule has 8 aliphatic rings. The Balaban J connectivity index is 0.000000536. The van der Waals surface area contributed by atoms with Crippen molar-refractivity contribution in [2.75, 3.05) is 0 Å². The first-order valence-electron chi connectivity index (χ1n) is 19.5. The fourth-order valence-corrected chi connectivity index (χ4v) is 21.1. The molecule has 258 valence electrons. The van der Waals surface area contributed by atoms with Crippen LogP contribution in [0.4, 0.5) is 0 Å². The third-order valence-electron chi connectivity index (χ3n) is 14.2. The zero-order valence-electron chi connectivity index (χ0n) is 29.8. The van der Waals surface area contributed by atoms with Gasteiger partial charge in [-0.3, -0.25) is 0 Å². The molecular formula is C46H56FeP2. The molecule has 0 aliphatic heterocycles. The zero-order valence-corrected chi connectivity index (χ0v) is 32.7. The van der Waals surface area contributed by atoms with Gasteiger partial charge in [-0.1, -0.05) is 70.5 Å². The number of rotatable bonds is 8. The van der Waals surface area contributed by atoms with Crippen LogP contribution in [-0.4, -0.2) is 10.3 Å². The maximum absolute atomic E-state index is 2.61. The summed E-state index contributed by atoms with van der Waals surface area (Å²) in [5.41, 5.74) is 6.40. The van der Waals surface area contributed by atoms with E-state index in [2.05, 4.69) is 80.6 Å². The van der Waals surface area contributed by atoms with Gasteiger partial charge < -0.3 is 0 Å². The van der Waals surface area contributed by atoms with Gasteiger partial charge in [-0.25, -0.2) is 18.2 Å². The number of aryl methyl sites for hydroxylation is 2. The summed E-state index contributed by atoms with van der Waals surface area (Å²) in [5, 5.41) is 4.59. The minimum absolute atomic E-state index is 0. The van der Waals surface area contributed by atoms with Crippen LogP contribution in [0.25, 0.3) is 0 Å². The summed E-state index contributed by atoms with van der Waals surface area (Å²) in [4.78, 5) is 0. The van der Waals surface area contributed by atoms with Crippen LogP contribution in [0.1, 0.15) is 99.3 Å². The second-order valence-electron chi connectivity index (χ2n) is 17.6. The standard InChI is InChI=1S/C41H51P2.C5H5.Fe/c1-28-8-3-5-12-38(28)42(39-13-6-4-9-29(39)2)26-36-10-7-11-37(36)27-43(40-20-30-14-31(21-40)16-32(15-30)22-40)41-23-33-17-34(24-41)19-35(18-33)25-41;1-2-4-5-3-1;/h3-13,30-35H,14-27H2,1-2H3;1-5H;/q2*-1;+2. The Morgan fingerprint density at radius 1 is 0.551 bits per heavy atom. The molecule has 0 aromatic heterocycles. The van der Waals surface area contributed by atoms with Crippen LogP contribution in [0.2, 0.25) is 0 Å². The van der Waals surface area contributed by atoms with Crippen LogP contribution in [0.15, 0.2) is 97.1 Å². The first-order chi connectivity index (χ1) is 23.5. The van der Waals surface area contributed by atoms with Crippen LogP contribution < -0.4 is 10.6 Å². The summed E-state index contributed by atoms with van der Waals surface area (Å²) in [6.45, 7) is 4.68. The molecule has 0 spiro atoms. The van der Waals surface area contributed by atoms with Gasteiger partial charge in [0.1, 0.15) is 0 Å². The van der Waals surface area contributed by atoms with Crippen LogP contribution in [0, 0.1) is 49.4 Å². The van der Waals surface area contributed by atoms with Crippen LogP contribution in [0.5, 0.6) is 0 Å². The van der Waals surface area contributed by atoms with Crippen molar-refractivity contribution in [2.24, 2.45) is 35.5 Å². The Hall–Kier alpha value is -1.48. The van der Waals surface area contributed by atoms with E-state index in [4.69, 9.17) is 0 Å². The van der Waals surface area contributed by atoms with Gasteiger partial charge >= 0.3 is 17.1 Å². The van der Waals surface area contributed by atoms with Gasteiger partial charge in [0.2, 0.25) is 0 Å². The summed E-state index contributed by atoms with van der Waals surface area (Å²) in [6, 6.07) is 36.2. The van der Waals surface area contributed by atoms with Crippen molar-refractivity contribution in [3.8, 4) is 0 Å². The normalized spacial score (nSPS) is 34.0. The molecule has 0 N–H and O–H groups in total. The maximum Gasteiger partial charge on any atom is 2.00 e. The van der Waals surface area contributed by atoms with E-state index in [1.54, 1.807) is 98.8 Å². The maximum atomic E-state index is 2.61. The van der Waals surface area contributed by atoms with E-state index < -0.39 is 7.92 Å². The molecule has 49 heavy (non-hydrogen) atoms. The van der Waals surface area contributed by atoms with Crippen LogP contribution in [0.3, 0.4) is 0 Å². The Morgan fingerprint density at radius 3 is 1.37 bits per heavy atom. The molecule has 0 atom stereocenters. The van der Waals surface area contributed by atoms with E-state index in [-0.39, 0.29) is 25.0 Å². The molecule has 4 aromatic carbocycles. The largest absolute Gasteiger partial charge is 2.00 e. The van der Waals surface area contributed by atoms with Gasteiger partial charge in [0.05, 0.1) is 0 Å². The molecular weight excluding hydrogens is 670 g/mol. The molecule has 0 nitrogen and oxygen atoms in total. The van der Waals surface area contributed by atoms with Gasteiger partial charge in [-0.2, -0.15) is 41.5 Å². The fourth-order valence-electron chi connectivity index (χ4n) is 13.1. The molecule has 8 fully saturated rings. The predicted octanol–water partition coefficient (Wildman–Crippen LogP) is 12.0. The molecule has 0 heterocycles. The molecule has 4 aromatic rings. The SMILES string of the molecule is Cc1ccccc1P(Cc1cc[cH-]c1CP(C12CC3CC(CC(C3)C1)C2)C12CC3CC(CC(C3)C1)C2)c1ccccc1C.[Fe+2].c1cc[cH-]c1. The number of benzene rings is 2. The molecule has 0 amide bonds. The van der Waals surface area contributed by atoms with Gasteiger partial charge in [0.15, 0.2) is 0 Å². The Kier molecular flexibility index (Phi) is 9.99. The topological polar surface area (TPSA) is 0 Å². The Bertz CT molecular complexity index is 1520. The summed E-state index contributed by atoms with van der Waals surface area (Å²) in [5.74, 6) is 6.41. The second-order valence-corrected chi connectivity index (χ2v) is 22.8. The van der Waals surface area contributed by atoms with Crippen molar-refractivity contribution in [3.05, 3.63) is 119 Å². The summed E-state index contributed by atoms with van der Waals surface area (Å²) < 4.78 is 0.